The molecule has 70 heavy (non-hydrogen) atoms. The Hall–Kier alpha value is -9.59. The molecule has 0 N–H and O–H groups in total. The standard InChI is InChI=1S/C63H37N5O2/c1-4-15-38(16-5-1)61-64-62(39-17-6-2-7-18-39)66-63(65-61)42-19-14-22-44(31-42)68-54-33-41(27-29-46(54)49-34-51-47-24-11-13-26-57(47)69-59(51)37-56(49)68)40-28-30-58-50(32-40)52-35-48-45-23-10-12-25-53(45)67(43-20-8-3-9-21-43)55(48)36-60(52)70-58/h1-37H. The van der Waals surface area contributed by atoms with Gasteiger partial charge in [0, 0.05) is 83.3 Å². The van der Waals surface area contributed by atoms with Gasteiger partial charge in [0.1, 0.15) is 22.3 Å². The minimum Gasteiger partial charge on any atom is -0.456 e. The lowest BCUT2D eigenvalue weighted by Gasteiger charge is -2.12. The smallest absolute Gasteiger partial charge is 0.164 e. The lowest BCUT2D eigenvalue weighted by Crippen LogP contribution is -2.01. The second-order valence-electron chi connectivity index (χ2n) is 18.0. The van der Waals surface area contributed by atoms with Crippen molar-refractivity contribution in [2.75, 3.05) is 0 Å². The molecule has 0 saturated heterocycles. The highest BCUT2D eigenvalue weighted by Gasteiger charge is 2.21. The molecule has 0 unspecified atom stereocenters. The van der Waals surface area contributed by atoms with Crippen molar-refractivity contribution in [3.8, 4) is 56.7 Å². The second-order valence-corrected chi connectivity index (χ2v) is 18.0. The average Bonchev–Trinajstić information content (AvgIpc) is 4.16. The van der Waals surface area contributed by atoms with Gasteiger partial charge in [0.15, 0.2) is 17.5 Å². The molecule has 0 radical (unpaired) electrons. The fourth-order valence-corrected chi connectivity index (χ4v) is 10.7. The molecule has 0 aliphatic heterocycles. The van der Waals surface area contributed by atoms with E-state index in [0.717, 1.165) is 110 Å². The van der Waals surface area contributed by atoms with Crippen LogP contribution in [0.3, 0.4) is 0 Å². The van der Waals surface area contributed by atoms with E-state index in [1.165, 1.54) is 16.3 Å². The van der Waals surface area contributed by atoms with Crippen LogP contribution < -0.4 is 0 Å². The number of para-hydroxylation sites is 3. The first-order valence-corrected chi connectivity index (χ1v) is 23.5. The highest BCUT2D eigenvalue weighted by atomic mass is 16.3. The SMILES string of the molecule is c1ccc(-c2nc(-c3ccccc3)nc(-c3cccc(-n4c5cc(-c6ccc7oc8cc9c(cc8c7c6)c6ccccc6n9-c6ccccc6)ccc5c5cc6c(cc54)oc4ccccc46)c3)n2)cc1. The summed E-state index contributed by atoms with van der Waals surface area (Å²) in [6.45, 7) is 0. The first kappa shape index (κ1) is 38.5. The van der Waals surface area contributed by atoms with Gasteiger partial charge in [-0.15, -0.1) is 0 Å². The summed E-state index contributed by atoms with van der Waals surface area (Å²) in [5.74, 6) is 1.84. The zero-order chi connectivity index (χ0) is 45.9. The van der Waals surface area contributed by atoms with E-state index in [-0.39, 0.29) is 0 Å². The maximum absolute atomic E-state index is 6.66. The minimum absolute atomic E-state index is 0.596. The predicted molar refractivity (Wildman–Crippen MR) is 285 cm³/mol. The van der Waals surface area contributed by atoms with Gasteiger partial charge in [-0.05, 0) is 77.9 Å². The van der Waals surface area contributed by atoms with Crippen LogP contribution in [0.15, 0.2) is 233 Å². The number of fused-ring (bicyclic) bond motifs is 12. The Morgan fingerprint density at radius 3 is 1.41 bits per heavy atom. The van der Waals surface area contributed by atoms with E-state index in [1.807, 2.05) is 72.8 Å². The molecule has 5 heterocycles. The fourth-order valence-electron chi connectivity index (χ4n) is 10.7. The third-order valence-corrected chi connectivity index (χ3v) is 13.9. The van der Waals surface area contributed by atoms with Crippen LogP contribution in [0.5, 0.6) is 0 Å². The highest BCUT2D eigenvalue weighted by molar-refractivity contribution is 6.19. The first-order valence-electron chi connectivity index (χ1n) is 23.5. The largest absolute Gasteiger partial charge is 0.456 e. The molecule has 0 spiro atoms. The molecule has 0 aliphatic rings. The van der Waals surface area contributed by atoms with E-state index in [2.05, 4.69) is 161 Å². The van der Waals surface area contributed by atoms with Crippen molar-refractivity contribution >= 4 is 87.5 Å². The van der Waals surface area contributed by atoms with Crippen LogP contribution in [0, 0.1) is 0 Å². The summed E-state index contributed by atoms with van der Waals surface area (Å²) in [5.41, 5.74) is 14.8. The number of aromatic nitrogens is 5. The Morgan fingerprint density at radius 2 is 0.714 bits per heavy atom. The fraction of sp³-hybridized carbons (Fsp3) is 0. The molecule has 7 nitrogen and oxygen atoms in total. The minimum atomic E-state index is 0.596. The molecule has 10 aromatic carbocycles. The normalized spacial score (nSPS) is 12.0. The van der Waals surface area contributed by atoms with Crippen molar-refractivity contribution in [3.63, 3.8) is 0 Å². The van der Waals surface area contributed by atoms with Crippen molar-refractivity contribution in [1.29, 1.82) is 0 Å². The van der Waals surface area contributed by atoms with Crippen LogP contribution in [0.2, 0.25) is 0 Å². The number of furan rings is 2. The Bertz CT molecular complexity index is 4530. The Labute approximate surface area is 399 Å². The molecule has 0 saturated carbocycles. The van der Waals surface area contributed by atoms with Crippen LogP contribution in [-0.2, 0) is 0 Å². The molecule has 15 rings (SSSR count). The Morgan fingerprint density at radius 1 is 0.243 bits per heavy atom. The predicted octanol–water partition coefficient (Wildman–Crippen LogP) is 16.5. The molecule has 7 heteroatoms. The number of hydrogen-bond donors (Lipinski definition) is 0. The molecule has 0 amide bonds. The molecule has 326 valence electrons. The van der Waals surface area contributed by atoms with E-state index < -0.39 is 0 Å². The topological polar surface area (TPSA) is 74.8 Å². The summed E-state index contributed by atoms with van der Waals surface area (Å²) < 4.78 is 17.9. The molecule has 0 bridgehead atoms. The van der Waals surface area contributed by atoms with E-state index in [0.29, 0.717) is 17.5 Å². The lowest BCUT2D eigenvalue weighted by molar-refractivity contribution is 0.669. The van der Waals surface area contributed by atoms with Crippen LogP contribution >= 0.6 is 0 Å². The Kier molecular flexibility index (Phi) is 8.23. The zero-order valence-electron chi connectivity index (χ0n) is 37.4. The zero-order valence-corrected chi connectivity index (χ0v) is 37.4. The van der Waals surface area contributed by atoms with E-state index in [9.17, 15) is 0 Å². The number of nitrogens with zero attached hydrogens (tertiary/aromatic N) is 5. The average molecular weight is 896 g/mol. The van der Waals surface area contributed by atoms with Crippen LogP contribution in [0.4, 0.5) is 0 Å². The summed E-state index contributed by atoms with van der Waals surface area (Å²) in [5, 5.41) is 9.03. The number of rotatable bonds is 6. The van der Waals surface area contributed by atoms with Crippen molar-refractivity contribution in [2.24, 2.45) is 0 Å². The Balaban J connectivity index is 0.926. The summed E-state index contributed by atoms with van der Waals surface area (Å²) in [6.07, 6.45) is 0. The molecule has 0 atom stereocenters. The summed E-state index contributed by atoms with van der Waals surface area (Å²) in [6, 6.07) is 78.6. The van der Waals surface area contributed by atoms with Crippen LogP contribution in [0.1, 0.15) is 0 Å². The van der Waals surface area contributed by atoms with Crippen LogP contribution in [0.25, 0.3) is 144 Å². The van der Waals surface area contributed by atoms with Gasteiger partial charge >= 0.3 is 0 Å². The van der Waals surface area contributed by atoms with E-state index >= 15 is 0 Å². The van der Waals surface area contributed by atoms with Gasteiger partial charge in [-0.3, -0.25) is 0 Å². The van der Waals surface area contributed by atoms with Gasteiger partial charge in [-0.25, -0.2) is 15.0 Å². The van der Waals surface area contributed by atoms with Gasteiger partial charge in [0.25, 0.3) is 0 Å². The van der Waals surface area contributed by atoms with Gasteiger partial charge in [0.05, 0.1) is 22.1 Å². The van der Waals surface area contributed by atoms with E-state index in [1.54, 1.807) is 0 Å². The van der Waals surface area contributed by atoms with Crippen molar-refractivity contribution in [3.05, 3.63) is 224 Å². The molecule has 0 fully saturated rings. The summed E-state index contributed by atoms with van der Waals surface area (Å²) in [7, 11) is 0. The number of benzene rings is 10. The van der Waals surface area contributed by atoms with Crippen molar-refractivity contribution in [2.45, 2.75) is 0 Å². The third-order valence-electron chi connectivity index (χ3n) is 13.9. The van der Waals surface area contributed by atoms with Crippen LogP contribution in [-0.4, -0.2) is 24.1 Å². The van der Waals surface area contributed by atoms with Gasteiger partial charge < -0.3 is 18.0 Å². The summed E-state index contributed by atoms with van der Waals surface area (Å²) in [4.78, 5) is 15.2. The van der Waals surface area contributed by atoms with E-state index in [4.69, 9.17) is 23.8 Å². The quantitative estimate of drug-likeness (QED) is 0.166. The lowest BCUT2D eigenvalue weighted by atomic mass is 10.0. The molecule has 15 aromatic rings. The van der Waals surface area contributed by atoms with Gasteiger partial charge in [-0.2, -0.15) is 0 Å². The highest BCUT2D eigenvalue weighted by Crippen LogP contribution is 2.43. The monoisotopic (exact) mass is 895 g/mol. The molecule has 0 aliphatic carbocycles. The summed E-state index contributed by atoms with van der Waals surface area (Å²) >= 11 is 0. The molecular weight excluding hydrogens is 859 g/mol. The maximum Gasteiger partial charge on any atom is 0.164 e. The second kappa shape index (κ2) is 15.0. The third kappa shape index (κ3) is 5.91. The molecule has 5 aromatic heterocycles. The van der Waals surface area contributed by atoms with Crippen molar-refractivity contribution < 1.29 is 8.83 Å². The van der Waals surface area contributed by atoms with Crippen molar-refractivity contribution in [1.82, 2.24) is 24.1 Å². The first-order chi connectivity index (χ1) is 34.7. The van der Waals surface area contributed by atoms with Gasteiger partial charge in [0.2, 0.25) is 0 Å². The maximum atomic E-state index is 6.66. The van der Waals surface area contributed by atoms with Gasteiger partial charge in [-0.1, -0.05) is 146 Å². The number of hydrogen-bond acceptors (Lipinski definition) is 5. The molecular formula is C63H37N5O2.